The Bertz CT molecular complexity index is 550. The van der Waals surface area contributed by atoms with Crippen LogP contribution in [0.1, 0.15) is 5.56 Å². The summed E-state index contributed by atoms with van der Waals surface area (Å²) in [7, 11) is 3.20. The molecule has 0 aromatic heterocycles. The number of hydrogen-bond donors (Lipinski definition) is 2. The molecular formula is C14H19N3O3S. The molecule has 21 heavy (non-hydrogen) atoms. The minimum Gasteiger partial charge on any atom is -0.497 e. The van der Waals surface area contributed by atoms with Gasteiger partial charge in [0.1, 0.15) is 16.8 Å². The number of ether oxygens (including phenoxy) is 2. The van der Waals surface area contributed by atoms with Crippen LogP contribution >= 0.6 is 12.2 Å². The zero-order valence-corrected chi connectivity index (χ0v) is 12.9. The van der Waals surface area contributed by atoms with E-state index in [-0.39, 0.29) is 10.9 Å². The highest BCUT2D eigenvalue weighted by molar-refractivity contribution is 7.80. The van der Waals surface area contributed by atoms with Crippen molar-refractivity contribution >= 4 is 28.8 Å². The van der Waals surface area contributed by atoms with Gasteiger partial charge in [0.2, 0.25) is 5.91 Å². The van der Waals surface area contributed by atoms with E-state index in [4.69, 9.17) is 27.4 Å². The molecule has 1 aliphatic rings. The second-order valence-corrected chi connectivity index (χ2v) is 5.09. The topological polar surface area (TPSA) is 76.8 Å². The largest absolute Gasteiger partial charge is 0.497 e. The molecule has 1 aromatic carbocycles. The average Bonchev–Trinajstić information content (AvgIpc) is 2.53. The SMILES string of the molecule is CNC(=O)C1COCCN1c1cc(OC)ccc1C(N)=S. The Labute approximate surface area is 129 Å². The fourth-order valence-electron chi connectivity index (χ4n) is 2.36. The van der Waals surface area contributed by atoms with Crippen LogP contribution < -0.4 is 20.7 Å². The summed E-state index contributed by atoms with van der Waals surface area (Å²) < 4.78 is 10.7. The summed E-state index contributed by atoms with van der Waals surface area (Å²) in [6.45, 7) is 1.45. The molecule has 0 radical (unpaired) electrons. The zero-order chi connectivity index (χ0) is 15.4. The minimum atomic E-state index is -0.413. The fourth-order valence-corrected chi connectivity index (χ4v) is 2.53. The number of benzene rings is 1. The van der Waals surface area contributed by atoms with Gasteiger partial charge in [-0.3, -0.25) is 4.79 Å². The predicted octanol–water partition coefficient (Wildman–Crippen LogP) is 0.281. The second-order valence-electron chi connectivity index (χ2n) is 4.65. The molecule has 0 aliphatic carbocycles. The second kappa shape index (κ2) is 6.73. The summed E-state index contributed by atoms with van der Waals surface area (Å²) in [6, 6.07) is 5.04. The maximum absolute atomic E-state index is 12.1. The highest BCUT2D eigenvalue weighted by atomic mass is 32.1. The van der Waals surface area contributed by atoms with Crippen molar-refractivity contribution in [2.24, 2.45) is 5.73 Å². The number of thiocarbonyl (C=S) groups is 1. The number of carbonyl (C=O) groups excluding carboxylic acids is 1. The molecule has 1 saturated heterocycles. The van der Waals surface area contributed by atoms with Gasteiger partial charge in [0, 0.05) is 25.2 Å². The van der Waals surface area contributed by atoms with E-state index in [0.29, 0.717) is 25.5 Å². The summed E-state index contributed by atoms with van der Waals surface area (Å²) in [5, 5.41) is 2.66. The molecule has 114 valence electrons. The maximum Gasteiger partial charge on any atom is 0.244 e. The van der Waals surface area contributed by atoms with Gasteiger partial charge < -0.3 is 25.4 Å². The lowest BCUT2D eigenvalue weighted by molar-refractivity contribution is -0.124. The third-order valence-electron chi connectivity index (χ3n) is 3.46. The minimum absolute atomic E-state index is 0.105. The van der Waals surface area contributed by atoms with Crippen molar-refractivity contribution in [1.82, 2.24) is 5.32 Å². The van der Waals surface area contributed by atoms with Crippen LogP contribution in [-0.2, 0) is 9.53 Å². The molecule has 0 spiro atoms. The van der Waals surface area contributed by atoms with Crippen molar-refractivity contribution in [3.63, 3.8) is 0 Å². The number of morpholine rings is 1. The van der Waals surface area contributed by atoms with Crippen LogP contribution in [0.15, 0.2) is 18.2 Å². The first-order valence-electron chi connectivity index (χ1n) is 6.62. The van der Waals surface area contributed by atoms with Gasteiger partial charge in [-0.25, -0.2) is 0 Å². The number of hydrogen-bond acceptors (Lipinski definition) is 5. The van der Waals surface area contributed by atoms with E-state index in [9.17, 15) is 4.79 Å². The Hall–Kier alpha value is -1.86. The average molecular weight is 309 g/mol. The van der Waals surface area contributed by atoms with Crippen LogP contribution in [0.25, 0.3) is 0 Å². The van der Waals surface area contributed by atoms with Crippen LogP contribution in [-0.4, -0.2) is 50.9 Å². The molecule has 1 aliphatic heterocycles. The summed E-state index contributed by atoms with van der Waals surface area (Å²) in [6.07, 6.45) is 0. The van der Waals surface area contributed by atoms with Crippen molar-refractivity contribution in [1.29, 1.82) is 0 Å². The first kappa shape index (κ1) is 15.5. The Morgan fingerprint density at radius 3 is 2.95 bits per heavy atom. The normalized spacial score (nSPS) is 18.2. The van der Waals surface area contributed by atoms with E-state index in [0.717, 1.165) is 11.3 Å². The molecule has 0 saturated carbocycles. The molecule has 3 N–H and O–H groups in total. The van der Waals surface area contributed by atoms with E-state index < -0.39 is 6.04 Å². The van der Waals surface area contributed by atoms with Crippen LogP contribution in [0, 0.1) is 0 Å². The van der Waals surface area contributed by atoms with E-state index >= 15 is 0 Å². The summed E-state index contributed by atoms with van der Waals surface area (Å²) in [5.41, 5.74) is 7.31. The van der Waals surface area contributed by atoms with Gasteiger partial charge in [0.05, 0.1) is 26.0 Å². The Morgan fingerprint density at radius 1 is 1.57 bits per heavy atom. The van der Waals surface area contributed by atoms with Crippen molar-refractivity contribution in [2.45, 2.75) is 6.04 Å². The van der Waals surface area contributed by atoms with Crippen molar-refractivity contribution in [3.8, 4) is 5.75 Å². The number of carbonyl (C=O) groups is 1. The van der Waals surface area contributed by atoms with E-state index in [2.05, 4.69) is 5.32 Å². The number of nitrogens with two attached hydrogens (primary N) is 1. The first-order chi connectivity index (χ1) is 10.1. The van der Waals surface area contributed by atoms with Gasteiger partial charge in [0.15, 0.2) is 0 Å². The summed E-state index contributed by atoms with van der Waals surface area (Å²) in [4.78, 5) is 14.3. The highest BCUT2D eigenvalue weighted by Crippen LogP contribution is 2.29. The highest BCUT2D eigenvalue weighted by Gasteiger charge is 2.30. The molecule has 2 rings (SSSR count). The van der Waals surface area contributed by atoms with E-state index in [1.54, 1.807) is 20.2 Å². The number of methoxy groups -OCH3 is 1. The Balaban J connectivity index is 2.45. The molecule has 0 bridgehead atoms. The van der Waals surface area contributed by atoms with E-state index in [1.807, 2.05) is 17.0 Å². The van der Waals surface area contributed by atoms with Crippen LogP contribution in [0.5, 0.6) is 5.75 Å². The lowest BCUT2D eigenvalue weighted by Gasteiger charge is -2.37. The maximum atomic E-state index is 12.1. The molecule has 6 nitrogen and oxygen atoms in total. The van der Waals surface area contributed by atoms with Crippen LogP contribution in [0.3, 0.4) is 0 Å². The van der Waals surface area contributed by atoms with Gasteiger partial charge >= 0.3 is 0 Å². The first-order valence-corrected chi connectivity index (χ1v) is 7.03. The fraction of sp³-hybridized carbons (Fsp3) is 0.429. The summed E-state index contributed by atoms with van der Waals surface area (Å²) in [5.74, 6) is 0.582. The standard InChI is InChI=1S/C14H19N3O3S/c1-16-14(18)12-8-20-6-5-17(12)11-7-9(19-2)3-4-10(11)13(15)21/h3-4,7,12H,5-6,8H2,1-2H3,(H2,15,21)(H,16,18). The van der Waals surface area contributed by atoms with Crippen LogP contribution in [0.4, 0.5) is 5.69 Å². The van der Waals surface area contributed by atoms with Gasteiger partial charge in [-0.2, -0.15) is 0 Å². The van der Waals surface area contributed by atoms with Crippen molar-refractivity contribution in [3.05, 3.63) is 23.8 Å². The lowest BCUT2D eigenvalue weighted by Crippen LogP contribution is -2.53. The number of amides is 1. The number of nitrogens with one attached hydrogen (secondary N) is 1. The van der Waals surface area contributed by atoms with Gasteiger partial charge in [-0.15, -0.1) is 0 Å². The number of nitrogens with zero attached hydrogens (tertiary/aromatic N) is 1. The quantitative estimate of drug-likeness (QED) is 0.778. The van der Waals surface area contributed by atoms with Crippen LogP contribution in [0.2, 0.25) is 0 Å². The lowest BCUT2D eigenvalue weighted by atomic mass is 10.1. The number of likely N-dealkylation sites (N-methyl/N-ethyl adjacent to an activating group) is 1. The molecule has 1 unspecified atom stereocenters. The van der Waals surface area contributed by atoms with Gasteiger partial charge in [-0.1, -0.05) is 12.2 Å². The Morgan fingerprint density at radius 2 is 2.33 bits per heavy atom. The van der Waals surface area contributed by atoms with Crippen molar-refractivity contribution in [2.75, 3.05) is 38.8 Å². The van der Waals surface area contributed by atoms with Crippen molar-refractivity contribution < 1.29 is 14.3 Å². The third-order valence-corrected chi connectivity index (χ3v) is 3.68. The molecule has 1 atom stereocenters. The summed E-state index contributed by atoms with van der Waals surface area (Å²) >= 11 is 5.11. The number of rotatable bonds is 4. The smallest absolute Gasteiger partial charge is 0.244 e. The monoisotopic (exact) mass is 309 g/mol. The van der Waals surface area contributed by atoms with Gasteiger partial charge in [-0.05, 0) is 12.1 Å². The predicted molar refractivity (Wildman–Crippen MR) is 84.9 cm³/mol. The molecule has 1 amide bonds. The molecule has 1 aromatic rings. The molecule has 1 heterocycles. The third kappa shape index (κ3) is 3.25. The van der Waals surface area contributed by atoms with Gasteiger partial charge in [0.25, 0.3) is 0 Å². The Kier molecular flexibility index (Phi) is 4.98. The number of anilines is 1. The molecule has 7 heteroatoms. The van der Waals surface area contributed by atoms with E-state index in [1.165, 1.54) is 0 Å². The molecular weight excluding hydrogens is 290 g/mol. The molecule has 1 fully saturated rings. The zero-order valence-electron chi connectivity index (χ0n) is 12.1.